The Morgan fingerprint density at radius 1 is 0.926 bits per heavy atom. The third-order valence-electron chi connectivity index (χ3n) is 4.63. The van der Waals surface area contributed by atoms with Gasteiger partial charge in [-0.2, -0.15) is 0 Å². The Labute approximate surface area is 159 Å². The molecule has 3 aromatic rings. The topological polar surface area (TPSA) is 46.1 Å². The minimum absolute atomic E-state index is 0.206. The first-order valence-electron chi connectivity index (χ1n) is 8.95. The zero-order valence-corrected chi connectivity index (χ0v) is 15.8. The summed E-state index contributed by atoms with van der Waals surface area (Å²) in [5.41, 5.74) is 6.25. The number of carbonyl (C=O) groups is 1. The quantitative estimate of drug-likeness (QED) is 0.685. The number of urea groups is 1. The average Bonchev–Trinajstić information content (AvgIpc) is 2.94. The van der Waals surface area contributed by atoms with Crippen LogP contribution in [0.3, 0.4) is 0 Å². The lowest BCUT2D eigenvalue weighted by molar-refractivity contribution is 0.240. The van der Waals surface area contributed by atoms with Gasteiger partial charge in [0.1, 0.15) is 5.82 Å². The van der Waals surface area contributed by atoms with E-state index < -0.39 is 0 Å². The monoisotopic (exact) mass is 365 g/mol. The second kappa shape index (κ2) is 8.08. The van der Waals surface area contributed by atoms with E-state index in [9.17, 15) is 9.18 Å². The fourth-order valence-corrected chi connectivity index (χ4v) is 3.12. The lowest BCUT2D eigenvalue weighted by Crippen LogP contribution is -2.34. The number of aryl methyl sites for hydroxylation is 2. The summed E-state index contributed by atoms with van der Waals surface area (Å²) in [6.45, 7) is 6.95. The number of hydrogen-bond acceptors (Lipinski definition) is 1. The molecule has 0 bridgehead atoms. The zero-order chi connectivity index (χ0) is 19.4. The third kappa shape index (κ3) is 4.56. The number of nitrogens with one attached hydrogen (secondary N) is 2. The van der Waals surface area contributed by atoms with Crippen molar-refractivity contribution >= 4 is 6.03 Å². The second-order valence-electron chi connectivity index (χ2n) is 6.73. The lowest BCUT2D eigenvalue weighted by atomic mass is 10.1. The predicted molar refractivity (Wildman–Crippen MR) is 105 cm³/mol. The maximum atomic E-state index is 13.2. The Morgan fingerprint density at radius 2 is 1.56 bits per heavy atom. The molecule has 0 radical (unpaired) electrons. The van der Waals surface area contributed by atoms with E-state index in [2.05, 4.69) is 15.2 Å². The molecule has 2 aromatic carbocycles. The first-order chi connectivity index (χ1) is 12.9. The van der Waals surface area contributed by atoms with Crippen LogP contribution in [0.4, 0.5) is 9.18 Å². The fourth-order valence-electron chi connectivity index (χ4n) is 3.12. The molecule has 0 aliphatic rings. The van der Waals surface area contributed by atoms with Crippen LogP contribution in [-0.4, -0.2) is 10.6 Å². The molecular formula is C22H24FN3O. The van der Waals surface area contributed by atoms with Crippen LogP contribution in [-0.2, 0) is 13.1 Å². The molecule has 0 atom stereocenters. The number of carbonyl (C=O) groups excluding carboxylic acids is 1. The molecule has 0 saturated carbocycles. The average molecular weight is 365 g/mol. The smallest absolute Gasteiger partial charge is 0.315 e. The minimum atomic E-state index is -0.256. The second-order valence-corrected chi connectivity index (χ2v) is 6.73. The van der Waals surface area contributed by atoms with Crippen molar-refractivity contribution in [3.63, 3.8) is 0 Å². The highest BCUT2D eigenvalue weighted by atomic mass is 19.1. The SMILES string of the molecule is Cc1ccc(CNC(=O)NCc2cc(C)n(-c3ccc(F)cc3)c2C)cc1. The van der Waals surface area contributed by atoms with E-state index in [-0.39, 0.29) is 11.8 Å². The molecule has 5 heteroatoms. The van der Waals surface area contributed by atoms with Gasteiger partial charge in [0.15, 0.2) is 0 Å². The standard InChI is InChI=1S/C22H24FN3O/c1-15-4-6-18(7-5-15)13-24-22(27)25-14-19-12-16(2)26(17(19)3)21-10-8-20(23)9-11-21/h4-12H,13-14H2,1-3H3,(H2,24,25,27). The number of halogens is 1. The largest absolute Gasteiger partial charge is 0.334 e. The molecule has 0 fully saturated rings. The van der Waals surface area contributed by atoms with E-state index in [4.69, 9.17) is 0 Å². The Balaban J connectivity index is 1.61. The number of hydrogen-bond donors (Lipinski definition) is 2. The molecule has 0 unspecified atom stereocenters. The molecule has 0 aliphatic heterocycles. The summed E-state index contributed by atoms with van der Waals surface area (Å²) in [7, 11) is 0. The minimum Gasteiger partial charge on any atom is -0.334 e. The number of benzene rings is 2. The van der Waals surface area contributed by atoms with Gasteiger partial charge in [0.05, 0.1) is 0 Å². The van der Waals surface area contributed by atoms with Crippen LogP contribution in [0.2, 0.25) is 0 Å². The van der Waals surface area contributed by atoms with E-state index in [0.29, 0.717) is 13.1 Å². The van der Waals surface area contributed by atoms with Crippen molar-refractivity contribution in [1.29, 1.82) is 0 Å². The molecule has 1 aromatic heterocycles. The van der Waals surface area contributed by atoms with Crippen molar-refractivity contribution in [2.24, 2.45) is 0 Å². The van der Waals surface area contributed by atoms with Crippen molar-refractivity contribution in [3.8, 4) is 5.69 Å². The van der Waals surface area contributed by atoms with Gasteiger partial charge < -0.3 is 15.2 Å². The van der Waals surface area contributed by atoms with E-state index in [1.54, 1.807) is 12.1 Å². The highest BCUT2D eigenvalue weighted by Gasteiger charge is 2.11. The number of amides is 2. The van der Waals surface area contributed by atoms with E-state index in [1.165, 1.54) is 17.7 Å². The highest BCUT2D eigenvalue weighted by molar-refractivity contribution is 5.73. The molecule has 0 aliphatic carbocycles. The van der Waals surface area contributed by atoms with E-state index >= 15 is 0 Å². The summed E-state index contributed by atoms with van der Waals surface area (Å²) in [6, 6.07) is 16.3. The van der Waals surface area contributed by atoms with E-state index in [0.717, 1.165) is 28.2 Å². The number of nitrogens with zero attached hydrogens (tertiary/aromatic N) is 1. The van der Waals surface area contributed by atoms with E-state index in [1.807, 2.05) is 51.1 Å². The molecule has 140 valence electrons. The van der Waals surface area contributed by atoms with Crippen molar-refractivity contribution in [2.45, 2.75) is 33.9 Å². The molecule has 27 heavy (non-hydrogen) atoms. The summed E-state index contributed by atoms with van der Waals surface area (Å²) in [5, 5.41) is 5.77. The molecule has 0 spiro atoms. The summed E-state index contributed by atoms with van der Waals surface area (Å²) in [4.78, 5) is 12.1. The van der Waals surface area contributed by atoms with Crippen molar-refractivity contribution in [1.82, 2.24) is 15.2 Å². The van der Waals surface area contributed by atoms with Crippen LogP contribution in [0, 0.1) is 26.6 Å². The maximum absolute atomic E-state index is 13.2. The lowest BCUT2D eigenvalue weighted by Gasteiger charge is -2.11. The normalized spacial score (nSPS) is 10.7. The van der Waals surface area contributed by atoms with Gasteiger partial charge in [-0.3, -0.25) is 0 Å². The van der Waals surface area contributed by atoms with Gasteiger partial charge in [-0.1, -0.05) is 29.8 Å². The Morgan fingerprint density at radius 3 is 2.22 bits per heavy atom. The first-order valence-corrected chi connectivity index (χ1v) is 8.95. The molecule has 2 N–H and O–H groups in total. The predicted octanol–water partition coefficient (Wildman–Crippen LogP) is 4.54. The van der Waals surface area contributed by atoms with Gasteiger partial charge in [0, 0.05) is 30.2 Å². The summed E-state index contributed by atoms with van der Waals surface area (Å²) in [5.74, 6) is -0.256. The molecule has 4 nitrogen and oxygen atoms in total. The van der Waals surface area contributed by atoms with Gasteiger partial charge in [0.2, 0.25) is 0 Å². The van der Waals surface area contributed by atoms with Gasteiger partial charge in [-0.05, 0) is 62.2 Å². The van der Waals surface area contributed by atoms with Crippen molar-refractivity contribution in [2.75, 3.05) is 0 Å². The summed E-state index contributed by atoms with van der Waals surface area (Å²) < 4.78 is 15.2. The zero-order valence-electron chi connectivity index (χ0n) is 15.8. The Bertz CT molecular complexity index is 927. The Kier molecular flexibility index (Phi) is 5.60. The molecule has 2 amide bonds. The van der Waals surface area contributed by atoms with Gasteiger partial charge in [0.25, 0.3) is 0 Å². The number of aromatic nitrogens is 1. The highest BCUT2D eigenvalue weighted by Crippen LogP contribution is 2.21. The summed E-state index contributed by atoms with van der Waals surface area (Å²) >= 11 is 0. The Hall–Kier alpha value is -3.08. The van der Waals surface area contributed by atoms with Crippen LogP contribution < -0.4 is 10.6 Å². The first kappa shape index (κ1) is 18.7. The number of rotatable bonds is 5. The van der Waals surface area contributed by atoms with Gasteiger partial charge >= 0.3 is 6.03 Å². The van der Waals surface area contributed by atoms with Crippen LogP contribution in [0.15, 0.2) is 54.6 Å². The van der Waals surface area contributed by atoms with Crippen LogP contribution in [0.25, 0.3) is 5.69 Å². The maximum Gasteiger partial charge on any atom is 0.315 e. The molecule has 1 heterocycles. The third-order valence-corrected chi connectivity index (χ3v) is 4.63. The van der Waals surface area contributed by atoms with Crippen molar-refractivity contribution < 1.29 is 9.18 Å². The molecular weight excluding hydrogens is 341 g/mol. The molecule has 0 saturated heterocycles. The van der Waals surface area contributed by atoms with Crippen molar-refractivity contribution in [3.05, 3.63) is 88.5 Å². The summed E-state index contributed by atoms with van der Waals surface area (Å²) in [6.07, 6.45) is 0. The van der Waals surface area contributed by atoms with Crippen LogP contribution >= 0.6 is 0 Å². The molecule has 3 rings (SSSR count). The van der Waals surface area contributed by atoms with Crippen LogP contribution in [0.1, 0.15) is 28.1 Å². The van der Waals surface area contributed by atoms with Gasteiger partial charge in [-0.25, -0.2) is 9.18 Å². The fraction of sp³-hybridized carbons (Fsp3) is 0.227. The van der Waals surface area contributed by atoms with Gasteiger partial charge in [-0.15, -0.1) is 0 Å². The van der Waals surface area contributed by atoms with Crippen LogP contribution in [0.5, 0.6) is 0 Å².